The summed E-state index contributed by atoms with van der Waals surface area (Å²) in [6, 6.07) is 12.0. The highest BCUT2D eigenvalue weighted by Crippen LogP contribution is 2.43. The van der Waals surface area contributed by atoms with Gasteiger partial charge in [-0.25, -0.2) is 0 Å². The molecule has 1 aliphatic heterocycles. The fraction of sp³-hybridized carbons (Fsp3) is 0.294. The third-order valence-corrected chi connectivity index (χ3v) is 4.39. The highest BCUT2D eigenvalue weighted by atomic mass is 79.9. The Morgan fingerprint density at radius 1 is 1.15 bits per heavy atom. The first-order valence-electron chi connectivity index (χ1n) is 6.76. The molecular formula is C17H17BrO2. The van der Waals surface area contributed by atoms with Gasteiger partial charge in [0.05, 0.1) is 6.10 Å². The number of ether oxygens (including phenoxy) is 1. The second-order valence-electron chi connectivity index (χ2n) is 5.35. The molecule has 2 aromatic rings. The van der Waals surface area contributed by atoms with E-state index in [1.165, 1.54) is 16.7 Å². The van der Waals surface area contributed by atoms with E-state index < -0.39 is 6.10 Å². The zero-order valence-corrected chi connectivity index (χ0v) is 13.1. The number of rotatable bonds is 1. The van der Waals surface area contributed by atoms with Crippen molar-refractivity contribution in [3.05, 3.63) is 63.1 Å². The molecule has 0 aromatic heterocycles. The second kappa shape index (κ2) is 5.23. The van der Waals surface area contributed by atoms with Crippen molar-refractivity contribution >= 4 is 15.9 Å². The van der Waals surface area contributed by atoms with E-state index in [0.717, 1.165) is 15.8 Å². The van der Waals surface area contributed by atoms with Crippen molar-refractivity contribution < 1.29 is 9.84 Å². The summed E-state index contributed by atoms with van der Waals surface area (Å²) in [5.41, 5.74) is 4.48. The number of aryl methyl sites for hydroxylation is 2. The van der Waals surface area contributed by atoms with Crippen LogP contribution in [-0.4, -0.2) is 5.11 Å². The van der Waals surface area contributed by atoms with Crippen LogP contribution in [-0.2, 0) is 0 Å². The number of hydrogen-bond donors (Lipinski definition) is 1. The Morgan fingerprint density at radius 2 is 1.85 bits per heavy atom. The summed E-state index contributed by atoms with van der Waals surface area (Å²) in [5, 5.41) is 10.4. The number of fused-ring (bicyclic) bond motifs is 1. The van der Waals surface area contributed by atoms with Crippen LogP contribution < -0.4 is 4.74 Å². The molecule has 2 unspecified atom stereocenters. The minimum Gasteiger partial charge on any atom is -0.485 e. The lowest BCUT2D eigenvalue weighted by molar-refractivity contribution is 0.0651. The normalized spacial score (nSPS) is 21.2. The Morgan fingerprint density at radius 3 is 2.55 bits per heavy atom. The van der Waals surface area contributed by atoms with E-state index in [0.29, 0.717) is 6.42 Å². The third kappa shape index (κ3) is 2.36. The van der Waals surface area contributed by atoms with Crippen LogP contribution in [0.5, 0.6) is 5.75 Å². The molecule has 0 spiro atoms. The molecule has 2 nitrogen and oxygen atoms in total. The van der Waals surface area contributed by atoms with Gasteiger partial charge in [0.1, 0.15) is 11.9 Å². The Labute approximate surface area is 127 Å². The molecule has 20 heavy (non-hydrogen) atoms. The summed E-state index contributed by atoms with van der Waals surface area (Å²) in [7, 11) is 0. The summed E-state index contributed by atoms with van der Waals surface area (Å²) >= 11 is 3.43. The molecule has 2 aromatic carbocycles. The number of aliphatic hydroxyl groups is 1. The van der Waals surface area contributed by atoms with Crippen molar-refractivity contribution in [2.75, 3.05) is 0 Å². The maximum atomic E-state index is 10.4. The maximum Gasteiger partial charge on any atom is 0.127 e. The summed E-state index contributed by atoms with van der Waals surface area (Å²) < 4.78 is 7.09. The van der Waals surface area contributed by atoms with Gasteiger partial charge in [-0.2, -0.15) is 0 Å². The minimum atomic E-state index is -0.486. The summed E-state index contributed by atoms with van der Waals surface area (Å²) in [5.74, 6) is 0.777. The lowest BCUT2D eigenvalue weighted by Crippen LogP contribution is -2.20. The molecule has 2 atom stereocenters. The molecule has 3 rings (SSSR count). The molecule has 0 saturated carbocycles. The fourth-order valence-electron chi connectivity index (χ4n) is 2.93. The van der Waals surface area contributed by atoms with Crippen molar-refractivity contribution in [1.82, 2.24) is 0 Å². The first-order chi connectivity index (χ1) is 9.56. The molecule has 1 aliphatic rings. The van der Waals surface area contributed by atoms with Gasteiger partial charge in [0, 0.05) is 16.5 Å². The molecule has 104 valence electrons. The van der Waals surface area contributed by atoms with Gasteiger partial charge >= 0.3 is 0 Å². The number of benzene rings is 2. The fourth-order valence-corrected chi connectivity index (χ4v) is 3.31. The van der Waals surface area contributed by atoms with E-state index in [2.05, 4.69) is 48.0 Å². The van der Waals surface area contributed by atoms with Crippen molar-refractivity contribution in [3.63, 3.8) is 0 Å². The lowest BCUT2D eigenvalue weighted by Gasteiger charge is -2.31. The van der Waals surface area contributed by atoms with Crippen LogP contribution in [0.3, 0.4) is 0 Å². The predicted molar refractivity (Wildman–Crippen MR) is 83.0 cm³/mol. The summed E-state index contributed by atoms with van der Waals surface area (Å²) in [4.78, 5) is 0. The molecule has 0 fully saturated rings. The number of hydrogen-bond acceptors (Lipinski definition) is 2. The van der Waals surface area contributed by atoms with Gasteiger partial charge in [0.15, 0.2) is 0 Å². The van der Waals surface area contributed by atoms with Crippen molar-refractivity contribution in [2.24, 2.45) is 0 Å². The monoisotopic (exact) mass is 332 g/mol. The molecule has 1 heterocycles. The van der Waals surface area contributed by atoms with E-state index in [4.69, 9.17) is 4.74 Å². The van der Waals surface area contributed by atoms with Crippen molar-refractivity contribution in [3.8, 4) is 5.75 Å². The Hall–Kier alpha value is -1.32. The second-order valence-corrected chi connectivity index (χ2v) is 6.26. The van der Waals surface area contributed by atoms with Crippen LogP contribution in [0.2, 0.25) is 0 Å². The molecule has 0 bridgehead atoms. The topological polar surface area (TPSA) is 29.5 Å². The average Bonchev–Trinajstić information content (AvgIpc) is 2.39. The summed E-state index contributed by atoms with van der Waals surface area (Å²) in [6.07, 6.45) is 0.0231. The van der Waals surface area contributed by atoms with Crippen LogP contribution in [0.4, 0.5) is 0 Å². The van der Waals surface area contributed by atoms with Crippen molar-refractivity contribution in [1.29, 1.82) is 0 Å². The third-order valence-electron chi connectivity index (χ3n) is 3.90. The van der Waals surface area contributed by atoms with Crippen LogP contribution in [0.25, 0.3) is 0 Å². The highest BCUT2D eigenvalue weighted by Gasteiger charge is 2.29. The standard InChI is InChI=1S/C17H17BrO2/c1-10-4-3-5-11(2)17(10)16-9-14(19)13-8-12(18)6-7-15(13)20-16/h3-8,14,16,19H,9H2,1-2H3. The van der Waals surface area contributed by atoms with Gasteiger partial charge in [-0.15, -0.1) is 0 Å². The molecule has 0 radical (unpaired) electrons. The molecule has 1 N–H and O–H groups in total. The molecule has 0 saturated heterocycles. The van der Waals surface area contributed by atoms with Crippen LogP contribution in [0.1, 0.15) is 40.9 Å². The smallest absolute Gasteiger partial charge is 0.127 e. The van der Waals surface area contributed by atoms with Crippen LogP contribution >= 0.6 is 15.9 Å². The predicted octanol–water partition coefficient (Wildman–Crippen LogP) is 4.62. The van der Waals surface area contributed by atoms with E-state index in [1.807, 2.05) is 18.2 Å². The number of halogens is 1. The van der Waals surface area contributed by atoms with Gasteiger partial charge < -0.3 is 9.84 Å². The van der Waals surface area contributed by atoms with E-state index in [-0.39, 0.29) is 6.10 Å². The Kier molecular flexibility index (Phi) is 3.57. The maximum absolute atomic E-state index is 10.4. The van der Waals surface area contributed by atoms with Crippen LogP contribution in [0.15, 0.2) is 40.9 Å². The largest absolute Gasteiger partial charge is 0.485 e. The molecule has 3 heteroatoms. The van der Waals surface area contributed by atoms with E-state index >= 15 is 0 Å². The quantitative estimate of drug-likeness (QED) is 0.825. The van der Waals surface area contributed by atoms with Gasteiger partial charge in [0.25, 0.3) is 0 Å². The molecule has 0 aliphatic carbocycles. The summed E-state index contributed by atoms with van der Waals surface area (Å²) in [6.45, 7) is 4.18. The van der Waals surface area contributed by atoms with Crippen LogP contribution in [0, 0.1) is 13.8 Å². The molecule has 0 amide bonds. The zero-order chi connectivity index (χ0) is 14.3. The van der Waals surface area contributed by atoms with E-state index in [9.17, 15) is 5.11 Å². The first-order valence-corrected chi connectivity index (χ1v) is 7.56. The molecular weight excluding hydrogens is 316 g/mol. The number of aliphatic hydroxyl groups excluding tert-OH is 1. The zero-order valence-electron chi connectivity index (χ0n) is 11.6. The van der Waals surface area contributed by atoms with Crippen molar-refractivity contribution in [2.45, 2.75) is 32.5 Å². The SMILES string of the molecule is Cc1cccc(C)c1C1CC(O)c2cc(Br)ccc2O1. The highest BCUT2D eigenvalue weighted by molar-refractivity contribution is 9.10. The first kappa shape index (κ1) is 13.7. The van der Waals surface area contributed by atoms with Gasteiger partial charge in [0.2, 0.25) is 0 Å². The van der Waals surface area contributed by atoms with Gasteiger partial charge in [-0.05, 0) is 48.7 Å². The Balaban J connectivity index is 2.01. The van der Waals surface area contributed by atoms with Gasteiger partial charge in [-0.1, -0.05) is 34.1 Å². The minimum absolute atomic E-state index is 0.0834. The van der Waals surface area contributed by atoms with E-state index in [1.54, 1.807) is 0 Å². The Bertz CT molecular complexity index is 631. The van der Waals surface area contributed by atoms with Gasteiger partial charge in [-0.3, -0.25) is 0 Å². The lowest BCUT2D eigenvalue weighted by atomic mass is 9.90. The average molecular weight is 333 g/mol.